The van der Waals surface area contributed by atoms with Crippen molar-refractivity contribution in [2.45, 2.75) is 46.6 Å². The third-order valence-electron chi connectivity index (χ3n) is 5.25. The quantitative estimate of drug-likeness (QED) is 0.675. The van der Waals surface area contributed by atoms with Crippen LogP contribution in [0.4, 0.5) is 4.39 Å². The van der Waals surface area contributed by atoms with Gasteiger partial charge in [-0.25, -0.2) is 24.3 Å². The fourth-order valence-electron chi connectivity index (χ4n) is 4.00. The first-order valence-corrected chi connectivity index (χ1v) is 10.2. The van der Waals surface area contributed by atoms with Crippen molar-refractivity contribution < 1.29 is 4.39 Å². The number of likely N-dealkylation sites (tertiary alicyclic amines) is 1. The summed E-state index contributed by atoms with van der Waals surface area (Å²) in [4.78, 5) is 20.2. The van der Waals surface area contributed by atoms with Crippen molar-refractivity contribution in [2.75, 3.05) is 13.1 Å². The highest BCUT2D eigenvalue weighted by Gasteiger charge is 2.29. The molecule has 3 aromatic heterocycles. The fourth-order valence-corrected chi connectivity index (χ4v) is 4.80. The van der Waals surface area contributed by atoms with E-state index in [0.717, 1.165) is 52.9 Å². The molecular weight excluding hydrogens is 361 g/mol. The first-order chi connectivity index (χ1) is 12.9. The molecule has 1 aliphatic rings. The highest BCUT2D eigenvalue weighted by Crippen LogP contribution is 2.31. The van der Waals surface area contributed by atoms with Crippen molar-refractivity contribution >= 4 is 21.7 Å². The maximum Gasteiger partial charge on any atom is 0.171 e. The van der Waals surface area contributed by atoms with Gasteiger partial charge in [-0.2, -0.15) is 0 Å². The molecule has 0 aliphatic carbocycles. The summed E-state index contributed by atoms with van der Waals surface area (Å²) in [6.45, 7) is 9.78. The molecule has 2 atom stereocenters. The molecule has 4 heterocycles. The lowest BCUT2D eigenvalue weighted by Gasteiger charge is -2.24. The lowest BCUT2D eigenvalue weighted by Crippen LogP contribution is -2.26. The summed E-state index contributed by atoms with van der Waals surface area (Å²) in [6, 6.07) is 3.59. The van der Waals surface area contributed by atoms with E-state index in [1.54, 1.807) is 6.07 Å². The zero-order chi connectivity index (χ0) is 19.1. The molecule has 0 bridgehead atoms. The molecule has 7 heteroatoms. The van der Waals surface area contributed by atoms with Crippen molar-refractivity contribution in [1.82, 2.24) is 24.8 Å². The van der Waals surface area contributed by atoms with E-state index in [2.05, 4.69) is 30.9 Å². The van der Waals surface area contributed by atoms with E-state index in [9.17, 15) is 4.39 Å². The van der Waals surface area contributed by atoms with E-state index in [1.165, 1.54) is 11.3 Å². The SMILES string of the molecule is Cc1cc(C[C@@H]2CCN(C(C)c3nc4nc(C)sc4cc3F)C2)nc(C)n1. The minimum absolute atomic E-state index is 0.0599. The predicted molar refractivity (Wildman–Crippen MR) is 105 cm³/mol. The average Bonchev–Trinajstić information content (AvgIpc) is 3.18. The Labute approximate surface area is 162 Å². The number of aromatic nitrogens is 4. The number of fused-ring (bicyclic) bond motifs is 1. The Hall–Kier alpha value is -1.99. The van der Waals surface area contributed by atoms with Crippen molar-refractivity contribution in [2.24, 2.45) is 5.92 Å². The van der Waals surface area contributed by atoms with Crippen LogP contribution in [0.1, 0.15) is 47.3 Å². The van der Waals surface area contributed by atoms with Crippen LogP contribution < -0.4 is 0 Å². The van der Waals surface area contributed by atoms with Gasteiger partial charge < -0.3 is 0 Å². The van der Waals surface area contributed by atoms with Crippen molar-refractivity contribution in [3.8, 4) is 0 Å². The zero-order valence-electron chi connectivity index (χ0n) is 16.2. The van der Waals surface area contributed by atoms with Crippen LogP contribution in [0.2, 0.25) is 0 Å². The van der Waals surface area contributed by atoms with E-state index in [1.807, 2.05) is 27.7 Å². The smallest absolute Gasteiger partial charge is 0.171 e. The van der Waals surface area contributed by atoms with Crippen LogP contribution >= 0.6 is 11.3 Å². The van der Waals surface area contributed by atoms with Gasteiger partial charge in [0.2, 0.25) is 0 Å². The molecule has 5 nitrogen and oxygen atoms in total. The van der Waals surface area contributed by atoms with E-state index < -0.39 is 0 Å². The molecule has 27 heavy (non-hydrogen) atoms. The minimum atomic E-state index is -0.232. The molecule has 1 aliphatic heterocycles. The molecule has 0 aromatic carbocycles. The van der Waals surface area contributed by atoms with Crippen LogP contribution in [0.5, 0.6) is 0 Å². The van der Waals surface area contributed by atoms with E-state index in [4.69, 9.17) is 0 Å². The molecular formula is C20H24FN5S. The third-order valence-corrected chi connectivity index (χ3v) is 6.15. The molecule has 0 spiro atoms. The molecule has 1 unspecified atom stereocenters. The van der Waals surface area contributed by atoms with E-state index in [0.29, 0.717) is 17.3 Å². The van der Waals surface area contributed by atoms with Gasteiger partial charge >= 0.3 is 0 Å². The first kappa shape index (κ1) is 18.4. The second-order valence-corrected chi connectivity index (χ2v) is 8.72. The van der Waals surface area contributed by atoms with E-state index >= 15 is 0 Å². The molecule has 0 amide bonds. The largest absolute Gasteiger partial charge is 0.295 e. The maximum absolute atomic E-state index is 14.6. The molecule has 0 radical (unpaired) electrons. The van der Waals surface area contributed by atoms with Crippen LogP contribution in [-0.4, -0.2) is 37.9 Å². The van der Waals surface area contributed by atoms with Gasteiger partial charge in [0, 0.05) is 17.9 Å². The number of rotatable bonds is 4. The molecule has 142 valence electrons. The van der Waals surface area contributed by atoms with Gasteiger partial charge in [0.1, 0.15) is 11.6 Å². The normalized spacial score (nSPS) is 19.1. The van der Waals surface area contributed by atoms with Gasteiger partial charge in [0.05, 0.1) is 21.4 Å². The lowest BCUT2D eigenvalue weighted by atomic mass is 10.0. The van der Waals surface area contributed by atoms with Crippen molar-refractivity contribution in [3.05, 3.63) is 45.9 Å². The topological polar surface area (TPSA) is 54.8 Å². The Bertz CT molecular complexity index is 966. The number of halogens is 1. The highest BCUT2D eigenvalue weighted by atomic mass is 32.1. The van der Waals surface area contributed by atoms with Gasteiger partial charge in [-0.1, -0.05) is 0 Å². The van der Waals surface area contributed by atoms with E-state index in [-0.39, 0.29) is 11.9 Å². The zero-order valence-corrected chi connectivity index (χ0v) is 17.0. The molecule has 0 N–H and O–H groups in total. The van der Waals surface area contributed by atoms with Gasteiger partial charge in [0.15, 0.2) is 5.65 Å². The number of aryl methyl sites for hydroxylation is 3. The Balaban J connectivity index is 1.49. The van der Waals surface area contributed by atoms with Gasteiger partial charge in [-0.15, -0.1) is 11.3 Å². The summed E-state index contributed by atoms with van der Waals surface area (Å²) < 4.78 is 15.5. The van der Waals surface area contributed by atoms with Crippen LogP contribution in [0, 0.1) is 32.5 Å². The summed E-state index contributed by atoms with van der Waals surface area (Å²) in [5, 5.41) is 0.915. The number of nitrogens with zero attached hydrogens (tertiary/aromatic N) is 5. The second-order valence-electron chi connectivity index (χ2n) is 7.49. The average molecular weight is 386 g/mol. The Morgan fingerprint density at radius 2 is 2.00 bits per heavy atom. The summed E-state index contributed by atoms with van der Waals surface area (Å²) in [5.41, 5.74) is 3.27. The summed E-state index contributed by atoms with van der Waals surface area (Å²) in [7, 11) is 0. The van der Waals surface area contributed by atoms with Crippen molar-refractivity contribution in [1.29, 1.82) is 0 Å². The summed E-state index contributed by atoms with van der Waals surface area (Å²) in [5.74, 6) is 1.12. The van der Waals surface area contributed by atoms with Crippen LogP contribution in [0.15, 0.2) is 12.1 Å². The van der Waals surface area contributed by atoms with Crippen molar-refractivity contribution in [3.63, 3.8) is 0 Å². The predicted octanol–water partition coefficient (Wildman–Crippen LogP) is 4.17. The molecule has 1 fully saturated rings. The highest BCUT2D eigenvalue weighted by molar-refractivity contribution is 7.18. The number of hydrogen-bond donors (Lipinski definition) is 0. The summed E-state index contributed by atoms with van der Waals surface area (Å²) >= 11 is 1.48. The number of thiazole rings is 1. The van der Waals surface area contributed by atoms with Gasteiger partial charge in [-0.3, -0.25) is 4.90 Å². The Morgan fingerprint density at radius 3 is 2.78 bits per heavy atom. The lowest BCUT2D eigenvalue weighted by molar-refractivity contribution is 0.243. The molecule has 3 aromatic rings. The van der Waals surface area contributed by atoms with Gasteiger partial charge in [-0.05, 0) is 65.1 Å². The summed E-state index contributed by atoms with van der Waals surface area (Å²) in [6.07, 6.45) is 2.03. The second kappa shape index (κ2) is 7.20. The minimum Gasteiger partial charge on any atom is -0.295 e. The molecule has 4 rings (SSSR count). The van der Waals surface area contributed by atoms with Gasteiger partial charge in [0.25, 0.3) is 0 Å². The standard InChI is InChI=1S/C20H24FN5S/c1-11-7-16(23-13(3)22-11)8-15-5-6-26(10-15)12(2)19-17(21)9-18-20(25-19)24-14(4)27-18/h7,9,12,15H,5-6,8,10H2,1-4H3/t12?,15-/m0/s1. The monoisotopic (exact) mass is 385 g/mol. The van der Waals surface area contributed by atoms with Crippen LogP contribution in [0.25, 0.3) is 10.3 Å². The molecule has 1 saturated heterocycles. The first-order valence-electron chi connectivity index (χ1n) is 9.38. The Kier molecular flexibility index (Phi) is 4.90. The number of pyridine rings is 1. The Morgan fingerprint density at radius 1 is 1.19 bits per heavy atom. The van der Waals surface area contributed by atoms with Crippen LogP contribution in [-0.2, 0) is 6.42 Å². The maximum atomic E-state index is 14.6. The molecule has 0 saturated carbocycles. The third kappa shape index (κ3) is 3.84. The van der Waals surface area contributed by atoms with Crippen LogP contribution in [0.3, 0.4) is 0 Å². The number of hydrogen-bond acceptors (Lipinski definition) is 6. The fraction of sp³-hybridized carbons (Fsp3) is 0.500.